The Kier molecular flexibility index (Phi) is 9.44. The number of ether oxygens (including phenoxy) is 2. The van der Waals surface area contributed by atoms with Gasteiger partial charge in [0.2, 0.25) is 4.38 Å². The molecule has 1 aromatic rings. The molecule has 156 valence electrons. The molecule has 0 bridgehead atoms. The van der Waals surface area contributed by atoms with Crippen LogP contribution in [0.2, 0.25) is 0 Å². The Labute approximate surface area is 178 Å². The van der Waals surface area contributed by atoms with E-state index >= 15 is 0 Å². The Hall–Kier alpha value is -1.60. The minimum Gasteiger partial charge on any atom is -0.479 e. The van der Waals surface area contributed by atoms with Crippen molar-refractivity contribution >= 4 is 40.2 Å². The molecule has 0 heterocycles. The van der Waals surface area contributed by atoms with Gasteiger partial charge in [-0.3, -0.25) is 4.79 Å². The highest BCUT2D eigenvalue weighted by atomic mass is 32.2. The van der Waals surface area contributed by atoms with Gasteiger partial charge in [0.15, 0.2) is 5.78 Å². The molecule has 1 aromatic carbocycles. The largest absolute Gasteiger partial charge is 0.479 e. The number of carbonyl (C=O) groups is 2. The number of rotatable bonds is 8. The summed E-state index contributed by atoms with van der Waals surface area (Å²) in [4.78, 5) is 26.4. The smallest absolute Gasteiger partial charge is 0.410 e. The van der Waals surface area contributed by atoms with Crippen LogP contribution in [0.15, 0.2) is 30.3 Å². The van der Waals surface area contributed by atoms with E-state index in [1.165, 1.54) is 16.7 Å². The molecular weight excluding hydrogens is 394 g/mol. The second-order valence-electron chi connectivity index (χ2n) is 7.86. The van der Waals surface area contributed by atoms with Crippen LogP contribution in [0.3, 0.4) is 0 Å². The zero-order valence-corrected chi connectivity index (χ0v) is 19.2. The van der Waals surface area contributed by atoms with Crippen molar-refractivity contribution in [2.75, 3.05) is 20.2 Å². The van der Waals surface area contributed by atoms with Gasteiger partial charge in [-0.15, -0.1) is 0 Å². The predicted molar refractivity (Wildman–Crippen MR) is 119 cm³/mol. The highest BCUT2D eigenvalue weighted by molar-refractivity contribution is 8.23. The van der Waals surface area contributed by atoms with Gasteiger partial charge in [-0.2, -0.15) is 0 Å². The predicted octanol–water partition coefficient (Wildman–Crippen LogP) is 5.33. The van der Waals surface area contributed by atoms with E-state index in [0.717, 1.165) is 0 Å². The van der Waals surface area contributed by atoms with E-state index in [1.54, 1.807) is 7.05 Å². The molecule has 0 saturated heterocycles. The minimum absolute atomic E-state index is 0.0645. The fourth-order valence-electron chi connectivity index (χ4n) is 2.56. The number of thiocarbonyl (C=S) groups is 1. The van der Waals surface area contributed by atoms with Crippen molar-refractivity contribution in [1.29, 1.82) is 0 Å². The maximum absolute atomic E-state index is 12.5. The van der Waals surface area contributed by atoms with Crippen LogP contribution >= 0.6 is 24.0 Å². The number of hydrogen-bond donors (Lipinski definition) is 0. The van der Waals surface area contributed by atoms with Crippen molar-refractivity contribution in [2.24, 2.45) is 0 Å². The van der Waals surface area contributed by atoms with E-state index in [9.17, 15) is 9.59 Å². The van der Waals surface area contributed by atoms with Gasteiger partial charge in [0.05, 0.1) is 6.61 Å². The van der Waals surface area contributed by atoms with Crippen LogP contribution in [-0.4, -0.2) is 51.7 Å². The average Bonchev–Trinajstić information content (AvgIpc) is 2.59. The molecule has 0 N–H and O–H groups in total. The fraction of sp³-hybridized carbons (Fsp3) is 0.571. The minimum atomic E-state index is -0.571. The third-order valence-electron chi connectivity index (χ3n) is 3.85. The first-order chi connectivity index (χ1) is 13.0. The molecule has 5 nitrogen and oxygen atoms in total. The summed E-state index contributed by atoms with van der Waals surface area (Å²) >= 11 is 6.68. The van der Waals surface area contributed by atoms with Crippen LogP contribution in [0.1, 0.15) is 57.8 Å². The second kappa shape index (κ2) is 10.8. The molecule has 1 atom stereocenters. The van der Waals surface area contributed by atoms with Crippen LogP contribution in [0.25, 0.3) is 0 Å². The van der Waals surface area contributed by atoms with Gasteiger partial charge in [-0.05, 0) is 53.3 Å². The SMILES string of the molecule is CCOC(=S)SC(C)(CCC(=O)c1ccccc1)CN(C)C(=O)OC(C)(C)C. The molecule has 0 radical (unpaired) electrons. The first kappa shape index (κ1) is 24.4. The number of carbonyl (C=O) groups excluding carboxylic acids is 2. The molecule has 0 fully saturated rings. The van der Waals surface area contributed by atoms with Gasteiger partial charge in [0.25, 0.3) is 0 Å². The van der Waals surface area contributed by atoms with Crippen LogP contribution < -0.4 is 0 Å². The summed E-state index contributed by atoms with van der Waals surface area (Å²) in [5.41, 5.74) is 0.112. The zero-order valence-electron chi connectivity index (χ0n) is 17.6. The highest BCUT2D eigenvalue weighted by Crippen LogP contribution is 2.33. The van der Waals surface area contributed by atoms with Crippen molar-refractivity contribution in [3.05, 3.63) is 35.9 Å². The van der Waals surface area contributed by atoms with Gasteiger partial charge in [-0.1, -0.05) is 42.1 Å². The molecule has 0 saturated carbocycles. The molecule has 0 spiro atoms. The molecule has 28 heavy (non-hydrogen) atoms. The van der Waals surface area contributed by atoms with E-state index in [2.05, 4.69) is 0 Å². The standard InChI is InChI=1S/C21H31NO4S2/c1-7-25-19(27)28-21(5,15-22(6)18(24)26-20(2,3)4)14-13-17(23)16-11-9-8-10-12-16/h8-12H,7,13-15H2,1-6H3. The number of ketones is 1. The number of Topliss-reactive ketones (excluding diaryl/α,β-unsaturated/α-hetero) is 1. The Morgan fingerprint density at radius 1 is 1.14 bits per heavy atom. The summed E-state index contributed by atoms with van der Waals surface area (Å²) < 4.78 is 10.8. The van der Waals surface area contributed by atoms with Crippen LogP contribution in [0, 0.1) is 0 Å². The van der Waals surface area contributed by atoms with Gasteiger partial charge < -0.3 is 14.4 Å². The number of thioether (sulfide) groups is 1. The topological polar surface area (TPSA) is 55.8 Å². The summed E-state index contributed by atoms with van der Waals surface area (Å²) in [6, 6.07) is 9.20. The molecule has 7 heteroatoms. The molecule has 1 rings (SSSR count). The Balaban J connectivity index is 2.85. The fourth-order valence-corrected chi connectivity index (χ4v) is 4.33. The molecule has 0 aliphatic carbocycles. The normalized spacial score (nSPS) is 13.4. The van der Waals surface area contributed by atoms with Crippen LogP contribution in [0.4, 0.5) is 4.79 Å². The second-order valence-corrected chi connectivity index (χ2v) is 10.1. The van der Waals surface area contributed by atoms with E-state index in [0.29, 0.717) is 35.9 Å². The van der Waals surface area contributed by atoms with E-state index in [1.807, 2.05) is 65.0 Å². The highest BCUT2D eigenvalue weighted by Gasteiger charge is 2.33. The maximum atomic E-state index is 12.5. The van der Waals surface area contributed by atoms with Crippen LogP contribution in [0.5, 0.6) is 0 Å². The molecule has 1 amide bonds. The molecule has 0 aromatic heterocycles. The van der Waals surface area contributed by atoms with Gasteiger partial charge in [0, 0.05) is 30.3 Å². The van der Waals surface area contributed by atoms with Gasteiger partial charge in [0.1, 0.15) is 5.60 Å². The lowest BCUT2D eigenvalue weighted by Crippen LogP contribution is -2.43. The summed E-state index contributed by atoms with van der Waals surface area (Å²) in [5, 5.41) is 0. The third kappa shape index (κ3) is 9.06. The molecular formula is C21H31NO4S2. The van der Waals surface area contributed by atoms with Crippen molar-refractivity contribution in [1.82, 2.24) is 4.90 Å². The summed E-state index contributed by atoms with van der Waals surface area (Å²) in [7, 11) is 1.69. The summed E-state index contributed by atoms with van der Waals surface area (Å²) in [6.45, 7) is 10.2. The Bertz CT molecular complexity index is 673. The van der Waals surface area contributed by atoms with Gasteiger partial charge in [-0.25, -0.2) is 4.79 Å². The van der Waals surface area contributed by atoms with E-state index in [-0.39, 0.29) is 5.78 Å². The maximum Gasteiger partial charge on any atom is 0.410 e. The van der Waals surface area contributed by atoms with Crippen molar-refractivity contribution < 1.29 is 19.1 Å². The number of benzene rings is 1. The molecule has 0 aliphatic heterocycles. The number of nitrogens with zero attached hydrogens (tertiary/aromatic N) is 1. The molecule has 1 unspecified atom stereocenters. The summed E-state index contributed by atoms with van der Waals surface area (Å²) in [6.07, 6.45) is 0.493. The Morgan fingerprint density at radius 3 is 2.29 bits per heavy atom. The number of amides is 1. The van der Waals surface area contributed by atoms with E-state index in [4.69, 9.17) is 21.7 Å². The van der Waals surface area contributed by atoms with Crippen molar-refractivity contribution in [3.8, 4) is 0 Å². The first-order valence-corrected chi connectivity index (χ1v) is 10.6. The Morgan fingerprint density at radius 2 is 1.75 bits per heavy atom. The average molecular weight is 426 g/mol. The van der Waals surface area contributed by atoms with Gasteiger partial charge >= 0.3 is 6.09 Å². The quantitative estimate of drug-likeness (QED) is 0.414. The number of hydrogen-bond acceptors (Lipinski definition) is 6. The first-order valence-electron chi connectivity index (χ1n) is 9.34. The monoisotopic (exact) mass is 425 g/mol. The summed E-state index contributed by atoms with van der Waals surface area (Å²) in [5.74, 6) is 0.0645. The lowest BCUT2D eigenvalue weighted by Gasteiger charge is -2.34. The van der Waals surface area contributed by atoms with Crippen LogP contribution in [-0.2, 0) is 9.47 Å². The third-order valence-corrected chi connectivity index (χ3v) is 5.32. The molecule has 0 aliphatic rings. The van der Waals surface area contributed by atoms with E-state index < -0.39 is 16.4 Å². The van der Waals surface area contributed by atoms with Crippen molar-refractivity contribution in [2.45, 2.75) is 57.8 Å². The lowest BCUT2D eigenvalue weighted by molar-refractivity contribution is 0.0284. The lowest BCUT2D eigenvalue weighted by atomic mass is 9.99. The van der Waals surface area contributed by atoms with Crippen molar-refractivity contribution in [3.63, 3.8) is 0 Å². The zero-order chi connectivity index (χ0) is 21.4.